The zero-order chi connectivity index (χ0) is 17.4. The van der Waals surface area contributed by atoms with Gasteiger partial charge in [-0.15, -0.1) is 11.8 Å². The number of carbonyl (C=O) groups is 2. The van der Waals surface area contributed by atoms with Gasteiger partial charge in [0.25, 0.3) is 0 Å². The van der Waals surface area contributed by atoms with Gasteiger partial charge < -0.3 is 15.4 Å². The highest BCUT2D eigenvalue weighted by Crippen LogP contribution is 2.17. The van der Waals surface area contributed by atoms with Crippen LogP contribution in [0, 0.1) is 6.92 Å². The van der Waals surface area contributed by atoms with Crippen molar-refractivity contribution in [2.75, 3.05) is 29.2 Å². The number of benzene rings is 2. The van der Waals surface area contributed by atoms with Crippen molar-refractivity contribution >= 4 is 35.0 Å². The Kier molecular flexibility index (Phi) is 6.69. The summed E-state index contributed by atoms with van der Waals surface area (Å²) in [6.07, 6.45) is 0. The minimum atomic E-state index is -0.156. The first-order chi connectivity index (χ1) is 11.6. The van der Waals surface area contributed by atoms with Crippen LogP contribution in [-0.4, -0.2) is 30.4 Å². The van der Waals surface area contributed by atoms with E-state index >= 15 is 0 Å². The third-order valence-electron chi connectivity index (χ3n) is 3.16. The molecule has 0 heterocycles. The Hall–Kier alpha value is -2.47. The maximum Gasteiger partial charge on any atom is 0.234 e. The van der Waals surface area contributed by atoms with Gasteiger partial charge in [-0.2, -0.15) is 0 Å². The molecule has 0 saturated heterocycles. The molecule has 2 rings (SSSR count). The molecule has 0 saturated carbocycles. The number of nitrogens with one attached hydrogen (secondary N) is 2. The van der Waals surface area contributed by atoms with Gasteiger partial charge >= 0.3 is 0 Å². The first kappa shape index (κ1) is 17.9. The van der Waals surface area contributed by atoms with Gasteiger partial charge in [0.05, 0.1) is 18.6 Å². The van der Waals surface area contributed by atoms with Crippen molar-refractivity contribution in [1.29, 1.82) is 0 Å². The number of hydrogen-bond acceptors (Lipinski definition) is 4. The van der Waals surface area contributed by atoms with Crippen LogP contribution in [0.15, 0.2) is 48.5 Å². The molecule has 2 aromatic rings. The molecule has 0 spiro atoms. The number of hydrogen-bond donors (Lipinski definition) is 2. The van der Waals surface area contributed by atoms with Crippen LogP contribution in [0.25, 0.3) is 0 Å². The van der Waals surface area contributed by atoms with Crippen molar-refractivity contribution in [2.45, 2.75) is 6.92 Å². The van der Waals surface area contributed by atoms with Gasteiger partial charge in [-0.25, -0.2) is 0 Å². The van der Waals surface area contributed by atoms with Crippen LogP contribution in [0.3, 0.4) is 0 Å². The highest BCUT2D eigenvalue weighted by molar-refractivity contribution is 8.00. The summed E-state index contributed by atoms with van der Waals surface area (Å²) in [4.78, 5) is 23.7. The lowest BCUT2D eigenvalue weighted by molar-refractivity contribution is -0.114. The van der Waals surface area contributed by atoms with Gasteiger partial charge in [0, 0.05) is 17.4 Å². The van der Waals surface area contributed by atoms with Crippen molar-refractivity contribution in [1.82, 2.24) is 0 Å². The molecule has 0 fully saturated rings. The molecule has 0 atom stereocenters. The van der Waals surface area contributed by atoms with E-state index in [1.54, 1.807) is 31.4 Å². The lowest BCUT2D eigenvalue weighted by Crippen LogP contribution is -2.18. The van der Waals surface area contributed by atoms with Gasteiger partial charge in [-0.1, -0.05) is 23.8 Å². The predicted molar refractivity (Wildman–Crippen MR) is 98.8 cm³/mol. The van der Waals surface area contributed by atoms with Gasteiger partial charge in [-0.05, 0) is 31.2 Å². The fourth-order valence-electron chi connectivity index (χ4n) is 1.97. The summed E-state index contributed by atoms with van der Waals surface area (Å²) in [5.41, 5.74) is 2.56. The van der Waals surface area contributed by atoms with E-state index in [9.17, 15) is 9.59 Å². The molecule has 0 aliphatic heterocycles. The molecule has 2 aromatic carbocycles. The van der Waals surface area contributed by atoms with E-state index in [-0.39, 0.29) is 23.3 Å². The Morgan fingerprint density at radius 1 is 0.958 bits per heavy atom. The highest BCUT2D eigenvalue weighted by atomic mass is 32.2. The number of aryl methyl sites for hydroxylation is 1. The number of carbonyl (C=O) groups excluding carboxylic acids is 2. The van der Waals surface area contributed by atoms with Crippen LogP contribution in [-0.2, 0) is 9.59 Å². The van der Waals surface area contributed by atoms with Crippen LogP contribution in [0.5, 0.6) is 5.75 Å². The molecule has 126 valence electrons. The van der Waals surface area contributed by atoms with E-state index in [1.807, 2.05) is 31.2 Å². The number of thioether (sulfide) groups is 1. The third-order valence-corrected chi connectivity index (χ3v) is 4.09. The molecule has 0 bridgehead atoms. The fourth-order valence-corrected chi connectivity index (χ4v) is 2.59. The SMILES string of the molecule is COc1cccc(NC(=O)CSCC(=O)Nc2ccc(C)cc2)c1. The Morgan fingerprint density at radius 3 is 2.21 bits per heavy atom. The zero-order valence-corrected chi connectivity index (χ0v) is 14.5. The smallest absolute Gasteiger partial charge is 0.234 e. The van der Waals surface area contributed by atoms with Gasteiger partial charge in [0.1, 0.15) is 5.75 Å². The quantitative estimate of drug-likeness (QED) is 0.809. The molecule has 0 aliphatic carbocycles. The minimum absolute atomic E-state index is 0.127. The molecule has 0 radical (unpaired) electrons. The van der Waals surface area contributed by atoms with Crippen molar-refractivity contribution in [3.63, 3.8) is 0 Å². The van der Waals surface area contributed by atoms with E-state index in [1.165, 1.54) is 11.8 Å². The number of methoxy groups -OCH3 is 1. The summed E-state index contributed by atoms with van der Waals surface area (Å²) >= 11 is 1.27. The molecule has 0 aliphatic rings. The summed E-state index contributed by atoms with van der Waals surface area (Å²) in [6, 6.07) is 14.7. The largest absolute Gasteiger partial charge is 0.497 e. The van der Waals surface area contributed by atoms with Gasteiger partial charge in [0.2, 0.25) is 11.8 Å². The number of rotatable bonds is 7. The van der Waals surface area contributed by atoms with E-state index in [4.69, 9.17) is 4.74 Å². The number of anilines is 2. The summed E-state index contributed by atoms with van der Waals surface area (Å²) in [7, 11) is 1.57. The van der Waals surface area contributed by atoms with Crippen molar-refractivity contribution in [3.8, 4) is 5.75 Å². The first-order valence-electron chi connectivity index (χ1n) is 7.45. The van der Waals surface area contributed by atoms with Crippen molar-refractivity contribution in [2.24, 2.45) is 0 Å². The Bertz CT molecular complexity index is 702. The van der Waals surface area contributed by atoms with Crippen LogP contribution >= 0.6 is 11.8 Å². The first-order valence-corrected chi connectivity index (χ1v) is 8.60. The highest BCUT2D eigenvalue weighted by Gasteiger charge is 2.07. The average molecular weight is 344 g/mol. The fraction of sp³-hybridized carbons (Fsp3) is 0.222. The van der Waals surface area contributed by atoms with Crippen LogP contribution in [0.2, 0.25) is 0 Å². The third kappa shape index (κ3) is 5.96. The second kappa shape index (κ2) is 8.98. The molecule has 6 heteroatoms. The molecular weight excluding hydrogens is 324 g/mol. The lowest BCUT2D eigenvalue weighted by Gasteiger charge is -2.07. The number of ether oxygens (including phenoxy) is 1. The standard InChI is InChI=1S/C18H20N2O3S/c1-13-6-8-14(9-7-13)19-17(21)11-24-12-18(22)20-15-4-3-5-16(10-15)23-2/h3-10H,11-12H2,1-2H3,(H,19,21)(H,20,22). The van der Waals surface area contributed by atoms with E-state index in [2.05, 4.69) is 10.6 Å². The second-order valence-electron chi connectivity index (χ2n) is 5.19. The topological polar surface area (TPSA) is 67.4 Å². The molecular formula is C18H20N2O3S. The summed E-state index contributed by atoms with van der Waals surface area (Å²) in [5.74, 6) is 0.824. The Balaban J connectivity index is 1.71. The summed E-state index contributed by atoms with van der Waals surface area (Å²) in [5, 5.41) is 5.57. The van der Waals surface area contributed by atoms with Crippen LogP contribution < -0.4 is 15.4 Å². The van der Waals surface area contributed by atoms with Gasteiger partial charge in [-0.3, -0.25) is 9.59 Å². The normalized spacial score (nSPS) is 10.1. The van der Waals surface area contributed by atoms with Crippen LogP contribution in [0.4, 0.5) is 11.4 Å². The zero-order valence-electron chi connectivity index (χ0n) is 13.7. The van der Waals surface area contributed by atoms with Crippen molar-refractivity contribution < 1.29 is 14.3 Å². The summed E-state index contributed by atoms with van der Waals surface area (Å²) in [6.45, 7) is 1.99. The van der Waals surface area contributed by atoms with Gasteiger partial charge in [0.15, 0.2) is 0 Å². The Morgan fingerprint density at radius 2 is 1.58 bits per heavy atom. The van der Waals surface area contributed by atoms with E-state index < -0.39 is 0 Å². The maximum atomic E-state index is 11.9. The van der Waals surface area contributed by atoms with Crippen molar-refractivity contribution in [3.05, 3.63) is 54.1 Å². The molecule has 0 unspecified atom stereocenters. The monoisotopic (exact) mass is 344 g/mol. The molecule has 2 N–H and O–H groups in total. The van der Waals surface area contributed by atoms with E-state index in [0.29, 0.717) is 11.4 Å². The van der Waals surface area contributed by atoms with Crippen LogP contribution in [0.1, 0.15) is 5.56 Å². The molecule has 2 amide bonds. The summed E-state index contributed by atoms with van der Waals surface area (Å²) < 4.78 is 5.10. The average Bonchev–Trinajstić information content (AvgIpc) is 2.57. The molecule has 0 aromatic heterocycles. The minimum Gasteiger partial charge on any atom is -0.497 e. The molecule has 24 heavy (non-hydrogen) atoms. The maximum absolute atomic E-state index is 11.9. The number of amides is 2. The molecule has 5 nitrogen and oxygen atoms in total. The predicted octanol–water partition coefficient (Wildman–Crippen LogP) is 3.31. The lowest BCUT2D eigenvalue weighted by atomic mass is 10.2. The second-order valence-corrected chi connectivity index (χ2v) is 6.17. The Labute approximate surface area is 145 Å². The van der Waals surface area contributed by atoms with E-state index in [0.717, 1.165) is 11.3 Å².